The SMILES string of the molecule is CC(NC(=O)c1ccnc(NC(=O)C2CC2)c1)c1ccc(NCC(C)(F)F)nc1. The van der Waals surface area contributed by atoms with Crippen molar-refractivity contribution < 1.29 is 18.4 Å². The molecule has 7 nitrogen and oxygen atoms in total. The average Bonchev–Trinajstić information content (AvgIpc) is 3.52. The number of carbonyl (C=O) groups is 2. The fourth-order valence-electron chi connectivity index (χ4n) is 2.59. The van der Waals surface area contributed by atoms with Gasteiger partial charge in [-0.25, -0.2) is 18.7 Å². The van der Waals surface area contributed by atoms with E-state index in [0.717, 1.165) is 25.3 Å². The molecule has 2 heterocycles. The lowest BCUT2D eigenvalue weighted by molar-refractivity contribution is -0.117. The number of carbonyl (C=O) groups excluding carboxylic acids is 2. The summed E-state index contributed by atoms with van der Waals surface area (Å²) in [6.07, 6.45) is 4.75. The van der Waals surface area contributed by atoms with Crippen molar-refractivity contribution in [2.75, 3.05) is 17.2 Å². The average molecular weight is 403 g/mol. The highest BCUT2D eigenvalue weighted by Crippen LogP contribution is 2.30. The molecule has 3 N–H and O–H groups in total. The first-order chi connectivity index (χ1) is 13.7. The van der Waals surface area contributed by atoms with Crippen molar-refractivity contribution in [1.82, 2.24) is 15.3 Å². The molecule has 1 saturated carbocycles. The van der Waals surface area contributed by atoms with Crippen LogP contribution in [-0.4, -0.2) is 34.2 Å². The molecule has 1 aliphatic rings. The fourth-order valence-corrected chi connectivity index (χ4v) is 2.59. The second-order valence-electron chi connectivity index (χ2n) is 7.29. The summed E-state index contributed by atoms with van der Waals surface area (Å²) in [5.74, 6) is -2.52. The Morgan fingerprint density at radius 2 is 1.97 bits per heavy atom. The molecule has 0 aromatic carbocycles. The minimum absolute atomic E-state index is 0.0443. The van der Waals surface area contributed by atoms with E-state index in [4.69, 9.17) is 0 Å². The van der Waals surface area contributed by atoms with Crippen molar-refractivity contribution >= 4 is 23.5 Å². The van der Waals surface area contributed by atoms with Crippen LogP contribution in [0.3, 0.4) is 0 Å². The van der Waals surface area contributed by atoms with Crippen LogP contribution in [0.15, 0.2) is 36.7 Å². The predicted molar refractivity (Wildman–Crippen MR) is 105 cm³/mol. The number of anilines is 2. The van der Waals surface area contributed by atoms with E-state index in [2.05, 4.69) is 25.9 Å². The van der Waals surface area contributed by atoms with E-state index in [1.54, 1.807) is 25.1 Å². The van der Waals surface area contributed by atoms with E-state index < -0.39 is 12.5 Å². The molecular weight excluding hydrogens is 380 g/mol. The molecular formula is C20H23F2N5O2. The number of hydrogen-bond donors (Lipinski definition) is 3. The predicted octanol–water partition coefficient (Wildman–Crippen LogP) is 3.38. The van der Waals surface area contributed by atoms with Crippen molar-refractivity contribution in [3.05, 3.63) is 47.8 Å². The zero-order valence-electron chi connectivity index (χ0n) is 16.2. The van der Waals surface area contributed by atoms with E-state index in [-0.39, 0.29) is 23.8 Å². The van der Waals surface area contributed by atoms with Gasteiger partial charge in [0.25, 0.3) is 11.8 Å². The molecule has 154 valence electrons. The van der Waals surface area contributed by atoms with Crippen LogP contribution in [0, 0.1) is 5.92 Å². The molecule has 1 fully saturated rings. The van der Waals surface area contributed by atoms with Gasteiger partial charge in [-0.3, -0.25) is 9.59 Å². The van der Waals surface area contributed by atoms with Gasteiger partial charge in [0.1, 0.15) is 11.6 Å². The number of nitrogens with one attached hydrogen (secondary N) is 3. The summed E-state index contributed by atoms with van der Waals surface area (Å²) in [5.41, 5.74) is 1.10. The lowest BCUT2D eigenvalue weighted by atomic mass is 10.1. The van der Waals surface area contributed by atoms with E-state index in [1.807, 2.05) is 0 Å². The summed E-state index contributed by atoms with van der Waals surface area (Å²) in [7, 11) is 0. The van der Waals surface area contributed by atoms with Gasteiger partial charge in [-0.15, -0.1) is 0 Å². The number of halogens is 2. The lowest BCUT2D eigenvalue weighted by Gasteiger charge is -2.16. The van der Waals surface area contributed by atoms with Crippen LogP contribution < -0.4 is 16.0 Å². The highest BCUT2D eigenvalue weighted by Gasteiger charge is 2.29. The van der Waals surface area contributed by atoms with Gasteiger partial charge in [-0.05, 0) is 43.5 Å². The Morgan fingerprint density at radius 1 is 1.21 bits per heavy atom. The maximum atomic E-state index is 12.9. The van der Waals surface area contributed by atoms with Crippen molar-refractivity contribution in [2.24, 2.45) is 5.92 Å². The van der Waals surface area contributed by atoms with Crippen LogP contribution in [0.4, 0.5) is 20.4 Å². The number of amides is 2. The molecule has 9 heteroatoms. The molecule has 1 atom stereocenters. The molecule has 0 aliphatic heterocycles. The van der Waals surface area contributed by atoms with Gasteiger partial charge in [-0.1, -0.05) is 6.07 Å². The van der Waals surface area contributed by atoms with Crippen molar-refractivity contribution in [3.63, 3.8) is 0 Å². The summed E-state index contributed by atoms with van der Waals surface area (Å²) >= 11 is 0. The van der Waals surface area contributed by atoms with Gasteiger partial charge in [0, 0.05) is 30.8 Å². The molecule has 0 bridgehead atoms. The summed E-state index contributed by atoms with van der Waals surface area (Å²) in [6.45, 7) is 2.11. The summed E-state index contributed by atoms with van der Waals surface area (Å²) in [4.78, 5) is 32.5. The number of hydrogen-bond acceptors (Lipinski definition) is 5. The number of rotatable bonds is 8. The summed E-state index contributed by atoms with van der Waals surface area (Å²) in [5, 5.41) is 8.12. The third-order valence-corrected chi connectivity index (χ3v) is 4.44. The minimum atomic E-state index is -2.83. The van der Waals surface area contributed by atoms with E-state index in [1.165, 1.54) is 18.5 Å². The van der Waals surface area contributed by atoms with Crippen molar-refractivity contribution in [1.29, 1.82) is 0 Å². The van der Waals surface area contributed by atoms with Crippen LogP contribution >= 0.6 is 0 Å². The number of pyridine rings is 2. The molecule has 0 radical (unpaired) electrons. The van der Waals surface area contributed by atoms with Crippen molar-refractivity contribution in [3.8, 4) is 0 Å². The quantitative estimate of drug-likeness (QED) is 0.628. The Bertz CT molecular complexity index is 879. The Morgan fingerprint density at radius 3 is 2.59 bits per heavy atom. The molecule has 2 aromatic heterocycles. The summed E-state index contributed by atoms with van der Waals surface area (Å²) in [6, 6.07) is 6.03. The van der Waals surface area contributed by atoms with Crippen LogP contribution in [0.2, 0.25) is 0 Å². The van der Waals surface area contributed by atoms with Gasteiger partial charge >= 0.3 is 0 Å². The molecule has 3 rings (SSSR count). The van der Waals surface area contributed by atoms with Gasteiger partial charge < -0.3 is 16.0 Å². The van der Waals surface area contributed by atoms with Crippen LogP contribution in [0.25, 0.3) is 0 Å². The molecule has 2 aromatic rings. The second kappa shape index (κ2) is 8.50. The third kappa shape index (κ3) is 6.20. The molecule has 2 amide bonds. The Hall–Kier alpha value is -3.10. The Balaban J connectivity index is 1.57. The van der Waals surface area contributed by atoms with Crippen LogP contribution in [0.5, 0.6) is 0 Å². The molecule has 1 unspecified atom stereocenters. The zero-order chi connectivity index (χ0) is 21.0. The second-order valence-corrected chi connectivity index (χ2v) is 7.29. The van der Waals surface area contributed by atoms with Gasteiger partial charge in [-0.2, -0.15) is 0 Å². The largest absolute Gasteiger partial charge is 0.364 e. The van der Waals surface area contributed by atoms with E-state index >= 15 is 0 Å². The Kier molecular flexibility index (Phi) is 6.05. The molecule has 0 saturated heterocycles. The smallest absolute Gasteiger partial charge is 0.262 e. The zero-order valence-corrected chi connectivity index (χ0v) is 16.2. The minimum Gasteiger partial charge on any atom is -0.364 e. The topological polar surface area (TPSA) is 96.0 Å². The summed E-state index contributed by atoms with van der Waals surface area (Å²) < 4.78 is 25.8. The maximum Gasteiger partial charge on any atom is 0.262 e. The first-order valence-corrected chi connectivity index (χ1v) is 9.37. The third-order valence-electron chi connectivity index (χ3n) is 4.44. The van der Waals surface area contributed by atoms with Crippen LogP contribution in [0.1, 0.15) is 48.7 Å². The number of alkyl halides is 2. The first-order valence-electron chi connectivity index (χ1n) is 9.37. The van der Waals surface area contributed by atoms with Crippen LogP contribution in [-0.2, 0) is 4.79 Å². The molecule has 29 heavy (non-hydrogen) atoms. The number of aromatic nitrogens is 2. The highest BCUT2D eigenvalue weighted by atomic mass is 19.3. The monoisotopic (exact) mass is 403 g/mol. The van der Waals surface area contributed by atoms with Crippen molar-refractivity contribution in [2.45, 2.75) is 38.7 Å². The Labute approximate surface area is 167 Å². The van der Waals surface area contributed by atoms with E-state index in [9.17, 15) is 18.4 Å². The van der Waals surface area contributed by atoms with Gasteiger partial charge in [0.05, 0.1) is 12.6 Å². The standard InChI is InChI=1S/C20H23F2N5O2/c1-12(15-5-6-16(24-10-15)25-11-20(2,21)22)26-19(29)14-7-8-23-17(9-14)27-18(28)13-3-4-13/h5-10,12-13H,3-4,11H2,1-2H3,(H,24,25)(H,26,29)(H,23,27,28). The highest BCUT2D eigenvalue weighted by molar-refractivity contribution is 5.97. The number of nitrogens with zero attached hydrogens (tertiary/aromatic N) is 2. The van der Waals surface area contributed by atoms with Gasteiger partial charge in [0.2, 0.25) is 5.91 Å². The normalized spacial score (nSPS) is 14.8. The molecule has 1 aliphatic carbocycles. The molecule has 0 spiro atoms. The fraction of sp³-hybridized carbons (Fsp3) is 0.400. The lowest BCUT2D eigenvalue weighted by Crippen LogP contribution is -2.27. The first kappa shape index (κ1) is 20.6. The van der Waals surface area contributed by atoms with Gasteiger partial charge in [0.15, 0.2) is 0 Å². The maximum absolute atomic E-state index is 12.9. The van der Waals surface area contributed by atoms with E-state index in [0.29, 0.717) is 17.2 Å².